The van der Waals surface area contributed by atoms with E-state index in [0.717, 1.165) is 0 Å². The van der Waals surface area contributed by atoms with Crippen molar-refractivity contribution in [3.63, 3.8) is 0 Å². The van der Waals surface area contributed by atoms with E-state index < -0.39 is 18.1 Å². The quantitative estimate of drug-likeness (QED) is 0.705. The molecule has 0 saturated carbocycles. The molecule has 1 saturated heterocycles. The van der Waals surface area contributed by atoms with Gasteiger partial charge < -0.3 is 14.6 Å². The number of cyclic esters (lactones) is 1. The molecule has 148 valence electrons. The van der Waals surface area contributed by atoms with Crippen molar-refractivity contribution in [3.05, 3.63) is 48.7 Å². The van der Waals surface area contributed by atoms with Crippen LogP contribution in [0.15, 0.2) is 47.4 Å². The summed E-state index contributed by atoms with van der Waals surface area (Å²) in [4.78, 5) is 32.9. The monoisotopic (exact) mass is 397 g/mol. The Morgan fingerprint density at radius 3 is 2.83 bits per heavy atom. The van der Waals surface area contributed by atoms with Crippen LogP contribution in [-0.4, -0.2) is 39.9 Å². The molecule has 1 aliphatic heterocycles. The fourth-order valence-corrected chi connectivity index (χ4v) is 2.91. The number of benzene rings is 1. The zero-order chi connectivity index (χ0) is 20.4. The van der Waals surface area contributed by atoms with Crippen LogP contribution in [0, 0.1) is 5.82 Å². The summed E-state index contributed by atoms with van der Waals surface area (Å²) < 4.78 is 24.5. The molecule has 0 radical (unpaired) electrons. The van der Waals surface area contributed by atoms with Gasteiger partial charge in [-0.25, -0.2) is 9.18 Å². The highest BCUT2D eigenvalue weighted by Crippen LogP contribution is 2.29. The van der Waals surface area contributed by atoms with E-state index in [1.807, 2.05) is 0 Å². The molecule has 0 spiro atoms. The third-order valence-electron chi connectivity index (χ3n) is 4.38. The molecule has 4 rings (SSSR count). The number of nitrogens with zero attached hydrogens (tertiary/aromatic N) is 4. The number of amides is 2. The SMILES string of the molecule is CCC(=O)NC1CN(c2ccc(-c3ccc(-c4ncon4)nc3)c(F)c2)C(=O)O1. The largest absolute Gasteiger partial charge is 0.423 e. The van der Waals surface area contributed by atoms with E-state index in [1.165, 1.54) is 23.6 Å². The van der Waals surface area contributed by atoms with Gasteiger partial charge in [-0.3, -0.25) is 14.7 Å². The van der Waals surface area contributed by atoms with Crippen molar-refractivity contribution in [1.82, 2.24) is 20.4 Å². The average molecular weight is 397 g/mol. The molecule has 1 N–H and O–H groups in total. The molecular formula is C19H16FN5O4. The van der Waals surface area contributed by atoms with Gasteiger partial charge in [0.15, 0.2) is 6.23 Å². The summed E-state index contributed by atoms with van der Waals surface area (Å²) in [7, 11) is 0. The highest BCUT2D eigenvalue weighted by molar-refractivity contribution is 5.90. The number of nitrogens with one attached hydrogen (secondary N) is 1. The van der Waals surface area contributed by atoms with Crippen molar-refractivity contribution < 1.29 is 23.2 Å². The fourth-order valence-electron chi connectivity index (χ4n) is 2.91. The molecule has 1 aromatic carbocycles. The summed E-state index contributed by atoms with van der Waals surface area (Å²) in [6.45, 7) is 1.80. The van der Waals surface area contributed by atoms with Crippen molar-refractivity contribution >= 4 is 17.7 Å². The molecule has 2 amide bonds. The highest BCUT2D eigenvalue weighted by atomic mass is 19.1. The Balaban J connectivity index is 1.52. The summed E-state index contributed by atoms with van der Waals surface area (Å²) in [6, 6.07) is 7.76. The van der Waals surface area contributed by atoms with Crippen LogP contribution in [-0.2, 0) is 9.53 Å². The molecule has 1 aliphatic rings. The van der Waals surface area contributed by atoms with Crippen LogP contribution >= 0.6 is 0 Å². The van der Waals surface area contributed by atoms with Gasteiger partial charge in [0.1, 0.15) is 11.5 Å². The molecule has 10 heteroatoms. The van der Waals surface area contributed by atoms with Gasteiger partial charge >= 0.3 is 6.09 Å². The van der Waals surface area contributed by atoms with E-state index in [4.69, 9.17) is 4.74 Å². The van der Waals surface area contributed by atoms with Crippen molar-refractivity contribution in [3.8, 4) is 22.6 Å². The van der Waals surface area contributed by atoms with Gasteiger partial charge in [0.25, 0.3) is 0 Å². The van der Waals surface area contributed by atoms with Gasteiger partial charge in [-0.05, 0) is 24.3 Å². The molecule has 0 aliphatic carbocycles. The van der Waals surface area contributed by atoms with Gasteiger partial charge in [-0.2, -0.15) is 4.98 Å². The minimum Gasteiger partial charge on any atom is -0.423 e. The van der Waals surface area contributed by atoms with E-state index in [1.54, 1.807) is 31.2 Å². The number of pyridine rings is 1. The minimum atomic E-state index is -0.764. The van der Waals surface area contributed by atoms with E-state index in [2.05, 4.69) is 25.0 Å². The molecule has 29 heavy (non-hydrogen) atoms. The average Bonchev–Trinajstić information content (AvgIpc) is 3.38. The number of hydrogen-bond donors (Lipinski definition) is 1. The normalized spacial score (nSPS) is 16.0. The van der Waals surface area contributed by atoms with Crippen LogP contribution in [0.5, 0.6) is 0 Å². The number of carbonyl (C=O) groups excluding carboxylic acids is 2. The first-order chi connectivity index (χ1) is 14.0. The van der Waals surface area contributed by atoms with Crippen LogP contribution in [0.2, 0.25) is 0 Å². The van der Waals surface area contributed by atoms with Gasteiger partial charge in [-0.15, -0.1) is 0 Å². The molecule has 1 unspecified atom stereocenters. The topological polar surface area (TPSA) is 110 Å². The number of hydrogen-bond acceptors (Lipinski definition) is 7. The van der Waals surface area contributed by atoms with E-state index in [0.29, 0.717) is 28.3 Å². The second kappa shape index (κ2) is 7.66. The first-order valence-electron chi connectivity index (χ1n) is 8.85. The van der Waals surface area contributed by atoms with Crippen LogP contribution in [0.1, 0.15) is 13.3 Å². The number of rotatable bonds is 5. The maximum Gasteiger partial charge on any atom is 0.416 e. The molecule has 3 aromatic rings. The lowest BCUT2D eigenvalue weighted by Crippen LogP contribution is -2.37. The molecule has 2 aromatic heterocycles. The van der Waals surface area contributed by atoms with Crippen LogP contribution in [0.3, 0.4) is 0 Å². The minimum absolute atomic E-state index is 0.102. The number of aromatic nitrogens is 3. The van der Waals surface area contributed by atoms with Crippen molar-refractivity contribution in [2.75, 3.05) is 11.4 Å². The van der Waals surface area contributed by atoms with Crippen molar-refractivity contribution in [1.29, 1.82) is 0 Å². The number of halogens is 1. The molecule has 1 atom stereocenters. The molecule has 9 nitrogen and oxygen atoms in total. The standard InChI is InChI=1S/C19H16FN5O4/c1-2-16(26)23-17-9-25(19(27)29-17)12-4-5-13(14(20)7-12)11-3-6-15(21-8-11)18-22-10-28-24-18/h3-8,10,17H,2,9H2,1H3,(H,23,26). The second-order valence-electron chi connectivity index (χ2n) is 6.26. The van der Waals surface area contributed by atoms with E-state index in [9.17, 15) is 14.0 Å². The Hall–Kier alpha value is -3.82. The first-order valence-corrected chi connectivity index (χ1v) is 8.85. The third-order valence-corrected chi connectivity index (χ3v) is 4.38. The lowest BCUT2D eigenvalue weighted by molar-refractivity contribution is -0.123. The Labute approximate surface area is 164 Å². The Morgan fingerprint density at radius 1 is 1.31 bits per heavy atom. The third kappa shape index (κ3) is 3.77. The predicted molar refractivity (Wildman–Crippen MR) is 99.0 cm³/mol. The van der Waals surface area contributed by atoms with Crippen LogP contribution in [0.25, 0.3) is 22.6 Å². The van der Waals surface area contributed by atoms with E-state index >= 15 is 0 Å². The van der Waals surface area contributed by atoms with Crippen molar-refractivity contribution in [2.24, 2.45) is 0 Å². The van der Waals surface area contributed by atoms with Crippen LogP contribution in [0.4, 0.5) is 14.9 Å². The maximum absolute atomic E-state index is 14.7. The first kappa shape index (κ1) is 18.5. The Kier molecular flexibility index (Phi) is 4.90. The smallest absolute Gasteiger partial charge is 0.416 e. The van der Waals surface area contributed by atoms with Gasteiger partial charge in [0.2, 0.25) is 18.1 Å². The number of ether oxygens (including phenoxy) is 1. The summed E-state index contributed by atoms with van der Waals surface area (Å²) in [5, 5.41) is 6.29. The van der Waals surface area contributed by atoms with Gasteiger partial charge in [0.05, 0.1) is 12.2 Å². The summed E-state index contributed by atoms with van der Waals surface area (Å²) >= 11 is 0. The summed E-state index contributed by atoms with van der Waals surface area (Å²) in [5.41, 5.74) is 1.71. The zero-order valence-electron chi connectivity index (χ0n) is 15.3. The lowest BCUT2D eigenvalue weighted by Gasteiger charge is -2.14. The van der Waals surface area contributed by atoms with Gasteiger partial charge in [0, 0.05) is 23.7 Å². The Morgan fingerprint density at radius 2 is 2.17 bits per heavy atom. The van der Waals surface area contributed by atoms with Crippen molar-refractivity contribution in [2.45, 2.75) is 19.6 Å². The molecular weight excluding hydrogens is 381 g/mol. The molecule has 0 bridgehead atoms. The lowest BCUT2D eigenvalue weighted by atomic mass is 10.1. The molecule has 3 heterocycles. The maximum atomic E-state index is 14.7. The molecule has 1 fully saturated rings. The number of anilines is 1. The zero-order valence-corrected chi connectivity index (χ0v) is 15.3. The second-order valence-corrected chi connectivity index (χ2v) is 6.26. The highest BCUT2D eigenvalue weighted by Gasteiger charge is 2.33. The van der Waals surface area contributed by atoms with Crippen LogP contribution < -0.4 is 10.2 Å². The van der Waals surface area contributed by atoms with Gasteiger partial charge in [-0.1, -0.05) is 18.1 Å². The number of carbonyl (C=O) groups is 2. The summed E-state index contributed by atoms with van der Waals surface area (Å²) in [5.74, 6) is -0.418. The summed E-state index contributed by atoms with van der Waals surface area (Å²) in [6.07, 6.45) is 1.57. The van der Waals surface area contributed by atoms with E-state index in [-0.39, 0.29) is 18.9 Å². The fraction of sp³-hybridized carbons (Fsp3) is 0.211. The predicted octanol–water partition coefficient (Wildman–Crippen LogP) is 2.75. The Bertz CT molecular complexity index is 1040.